The maximum absolute atomic E-state index is 13.9. The molecule has 2 aromatic carbocycles. The van der Waals surface area contributed by atoms with E-state index in [4.69, 9.17) is 9.47 Å². The van der Waals surface area contributed by atoms with Crippen LogP contribution in [-0.2, 0) is 14.3 Å². The first-order chi connectivity index (χ1) is 23.3. The molecule has 48 heavy (non-hydrogen) atoms. The predicted molar refractivity (Wildman–Crippen MR) is 184 cm³/mol. The van der Waals surface area contributed by atoms with E-state index in [0.29, 0.717) is 24.9 Å². The average molecular weight is 662 g/mol. The molecule has 4 rings (SSSR count). The number of anilines is 1. The normalized spacial score (nSPS) is 16.2. The maximum Gasteiger partial charge on any atom is 0.338 e. The third-order valence-corrected chi connectivity index (χ3v) is 9.32. The predicted octanol–water partition coefficient (Wildman–Crippen LogP) is 7.48. The number of carbonyl (C=O) groups is 5. The molecule has 2 fully saturated rings. The Morgan fingerprint density at radius 2 is 1.54 bits per heavy atom. The van der Waals surface area contributed by atoms with Crippen molar-refractivity contribution in [3.63, 3.8) is 0 Å². The van der Waals surface area contributed by atoms with E-state index >= 15 is 0 Å². The Morgan fingerprint density at radius 1 is 0.896 bits per heavy atom. The average Bonchev–Trinajstić information content (AvgIpc) is 3.66. The summed E-state index contributed by atoms with van der Waals surface area (Å²) in [4.78, 5) is 69.7. The molecule has 0 aliphatic carbocycles. The number of urea groups is 1. The number of nitrogens with one attached hydrogen (secondary N) is 1. The van der Waals surface area contributed by atoms with Crippen molar-refractivity contribution in [2.24, 2.45) is 0 Å². The fraction of sp³-hybridized carbons (Fsp3) is 0.553. The minimum absolute atomic E-state index is 0.115. The molecular formula is C38H51N3O7. The van der Waals surface area contributed by atoms with Crippen molar-refractivity contribution < 1.29 is 33.4 Å². The summed E-state index contributed by atoms with van der Waals surface area (Å²) < 4.78 is 10.9. The van der Waals surface area contributed by atoms with Gasteiger partial charge in [0.25, 0.3) is 11.8 Å². The van der Waals surface area contributed by atoms with E-state index in [-0.39, 0.29) is 29.2 Å². The summed E-state index contributed by atoms with van der Waals surface area (Å²) in [5, 5.41) is 2.67. The minimum atomic E-state index is -1.75. The third kappa shape index (κ3) is 9.23. The molecule has 1 N–H and O–H groups in total. The standard InChI is InChI=1S/C38H51N3O7/c1-4-5-6-7-8-9-10-11-12-13-14-17-25-48-37(45)28-22-23-32(47-3)30(26-28)39-35(43)33(34(42)29-20-16-15-19-27(29)2)41-36(44)31-21-18-24-40(31)38(41)46/h15-16,19-20,22-23,26,31,33H,4-14,17-18,21,24-25H2,1-3H3,(H,39,43). The van der Waals surface area contributed by atoms with Gasteiger partial charge < -0.3 is 19.7 Å². The van der Waals surface area contributed by atoms with Gasteiger partial charge in [-0.2, -0.15) is 0 Å². The van der Waals surface area contributed by atoms with Crippen LogP contribution < -0.4 is 10.1 Å². The van der Waals surface area contributed by atoms with Gasteiger partial charge in [0, 0.05) is 12.1 Å². The zero-order chi connectivity index (χ0) is 34.5. The van der Waals surface area contributed by atoms with E-state index in [0.717, 1.165) is 24.2 Å². The second-order valence-corrected chi connectivity index (χ2v) is 12.9. The molecule has 10 heteroatoms. The van der Waals surface area contributed by atoms with Gasteiger partial charge >= 0.3 is 12.0 Å². The van der Waals surface area contributed by atoms with Crippen LogP contribution in [0, 0.1) is 6.92 Å². The molecule has 2 atom stereocenters. The SMILES string of the molecule is CCCCCCCCCCCCCCOC(=O)c1ccc(OC)c(NC(=O)C(C(=O)c2ccccc2C)N2C(=O)C3CCCN3C2=O)c1. The smallest absolute Gasteiger partial charge is 0.338 e. The minimum Gasteiger partial charge on any atom is -0.495 e. The number of esters is 1. The summed E-state index contributed by atoms with van der Waals surface area (Å²) in [6.45, 7) is 4.63. The summed E-state index contributed by atoms with van der Waals surface area (Å²) in [7, 11) is 1.41. The van der Waals surface area contributed by atoms with Crippen LogP contribution in [0.15, 0.2) is 42.5 Å². The van der Waals surface area contributed by atoms with Crippen molar-refractivity contribution in [3.8, 4) is 5.75 Å². The number of nitrogens with zero attached hydrogens (tertiary/aromatic N) is 2. The van der Waals surface area contributed by atoms with Gasteiger partial charge in [-0.3, -0.25) is 14.4 Å². The molecular weight excluding hydrogens is 610 g/mol. The number of ketones is 1. The van der Waals surface area contributed by atoms with Gasteiger partial charge in [0.2, 0.25) is 0 Å². The van der Waals surface area contributed by atoms with E-state index in [9.17, 15) is 24.0 Å². The zero-order valence-corrected chi connectivity index (χ0v) is 28.8. The van der Waals surface area contributed by atoms with Crippen LogP contribution >= 0.6 is 0 Å². The quantitative estimate of drug-likeness (QED) is 0.0513. The molecule has 2 aliphatic rings. The fourth-order valence-corrected chi connectivity index (χ4v) is 6.56. The number of imide groups is 1. The summed E-state index contributed by atoms with van der Waals surface area (Å²) in [5.74, 6) is -2.43. The first kappa shape index (κ1) is 36.6. The lowest BCUT2D eigenvalue weighted by molar-refractivity contribution is -0.133. The van der Waals surface area contributed by atoms with Crippen molar-refractivity contribution in [1.29, 1.82) is 0 Å². The lowest BCUT2D eigenvalue weighted by atomic mass is 9.97. The molecule has 2 unspecified atom stereocenters. The Morgan fingerprint density at radius 3 is 2.17 bits per heavy atom. The Labute approximate surface area is 284 Å². The molecule has 10 nitrogen and oxygen atoms in total. The van der Waals surface area contributed by atoms with E-state index in [1.807, 2.05) is 0 Å². The number of hydrogen-bond acceptors (Lipinski definition) is 7. The summed E-state index contributed by atoms with van der Waals surface area (Å²) in [6, 6.07) is 8.11. The van der Waals surface area contributed by atoms with Crippen LogP contribution in [0.5, 0.6) is 5.75 Å². The van der Waals surface area contributed by atoms with Gasteiger partial charge in [-0.05, 0) is 49.9 Å². The number of methoxy groups -OCH3 is 1. The molecule has 0 spiro atoms. The molecule has 2 aliphatic heterocycles. The van der Waals surface area contributed by atoms with Gasteiger partial charge in [0.05, 0.1) is 25.0 Å². The number of aryl methyl sites for hydroxylation is 1. The lowest BCUT2D eigenvalue weighted by Crippen LogP contribution is -2.53. The van der Waals surface area contributed by atoms with E-state index in [1.165, 1.54) is 88.0 Å². The molecule has 4 amide bonds. The lowest BCUT2D eigenvalue weighted by Gasteiger charge is -2.25. The van der Waals surface area contributed by atoms with Gasteiger partial charge in [-0.25, -0.2) is 14.5 Å². The zero-order valence-electron chi connectivity index (χ0n) is 28.8. The molecule has 2 aromatic rings. The van der Waals surface area contributed by atoms with Crippen molar-refractivity contribution >= 4 is 35.3 Å². The van der Waals surface area contributed by atoms with E-state index < -0.39 is 41.7 Å². The molecule has 0 aromatic heterocycles. The Balaban J connectivity index is 1.36. The second kappa shape index (κ2) is 18.4. The summed E-state index contributed by atoms with van der Waals surface area (Å²) in [6.07, 6.45) is 15.7. The number of Topliss-reactive ketones (excluding diaryl/α,β-unsaturated/α-hetero) is 1. The van der Waals surface area contributed by atoms with Gasteiger partial charge in [0.1, 0.15) is 11.8 Å². The number of carbonyl (C=O) groups excluding carboxylic acids is 5. The van der Waals surface area contributed by atoms with E-state index in [2.05, 4.69) is 12.2 Å². The highest BCUT2D eigenvalue weighted by Gasteiger charge is 2.53. The van der Waals surface area contributed by atoms with Crippen LogP contribution in [0.2, 0.25) is 0 Å². The van der Waals surface area contributed by atoms with Crippen molar-refractivity contribution in [2.45, 2.75) is 116 Å². The van der Waals surface area contributed by atoms with Gasteiger partial charge in [-0.1, -0.05) is 102 Å². The molecule has 2 heterocycles. The highest BCUT2D eigenvalue weighted by Crippen LogP contribution is 2.32. The van der Waals surface area contributed by atoms with Crippen LogP contribution in [0.4, 0.5) is 10.5 Å². The van der Waals surface area contributed by atoms with Crippen LogP contribution in [0.1, 0.15) is 123 Å². The topological polar surface area (TPSA) is 122 Å². The number of amides is 4. The van der Waals surface area contributed by atoms with Crippen LogP contribution in [0.25, 0.3) is 0 Å². The number of rotatable bonds is 20. The molecule has 0 saturated carbocycles. The maximum atomic E-state index is 13.9. The van der Waals surface area contributed by atoms with Gasteiger partial charge in [-0.15, -0.1) is 0 Å². The number of ether oxygens (including phenoxy) is 2. The number of hydrogen-bond donors (Lipinski definition) is 1. The largest absolute Gasteiger partial charge is 0.495 e. The fourth-order valence-electron chi connectivity index (χ4n) is 6.56. The van der Waals surface area contributed by atoms with Crippen LogP contribution in [-0.4, -0.2) is 71.7 Å². The Hall–Kier alpha value is -4.21. The molecule has 0 radical (unpaired) electrons. The molecule has 2 saturated heterocycles. The Bertz CT molecular complexity index is 1420. The first-order valence-corrected chi connectivity index (χ1v) is 17.7. The van der Waals surface area contributed by atoms with Crippen molar-refractivity contribution in [1.82, 2.24) is 9.80 Å². The highest BCUT2D eigenvalue weighted by molar-refractivity contribution is 6.23. The molecule has 0 bridgehead atoms. The van der Waals surface area contributed by atoms with Crippen molar-refractivity contribution in [3.05, 3.63) is 59.2 Å². The molecule has 260 valence electrons. The second-order valence-electron chi connectivity index (χ2n) is 12.9. The number of unbranched alkanes of at least 4 members (excludes halogenated alkanes) is 11. The van der Waals surface area contributed by atoms with Gasteiger partial charge in [0.15, 0.2) is 11.8 Å². The summed E-state index contributed by atoms with van der Waals surface area (Å²) in [5.41, 5.74) is 1.15. The van der Waals surface area contributed by atoms with E-state index in [1.54, 1.807) is 31.2 Å². The summed E-state index contributed by atoms with van der Waals surface area (Å²) >= 11 is 0. The number of fused-ring (bicyclic) bond motifs is 1. The monoisotopic (exact) mass is 661 g/mol. The Kier molecular flexibility index (Phi) is 14.0. The first-order valence-electron chi connectivity index (χ1n) is 17.7. The third-order valence-electron chi connectivity index (χ3n) is 9.32. The van der Waals surface area contributed by atoms with Crippen LogP contribution in [0.3, 0.4) is 0 Å². The number of benzene rings is 2. The van der Waals surface area contributed by atoms with Crippen molar-refractivity contribution in [2.75, 3.05) is 25.6 Å². The highest BCUT2D eigenvalue weighted by atomic mass is 16.5.